The van der Waals surface area contributed by atoms with E-state index in [1.54, 1.807) is 0 Å². The number of nitrogens with zero attached hydrogens (tertiary/aromatic N) is 1. The molecule has 0 saturated carbocycles. The maximum atomic E-state index is 2.56. The first-order chi connectivity index (χ1) is 13.9. The third-order valence-corrected chi connectivity index (χ3v) is 5.25. The molecule has 0 aliphatic carbocycles. The van der Waals surface area contributed by atoms with Crippen molar-refractivity contribution in [2.75, 3.05) is 6.54 Å². The molecule has 0 aromatic heterocycles. The zero-order valence-corrected chi connectivity index (χ0v) is 17.9. The highest BCUT2D eigenvalue weighted by molar-refractivity contribution is 5.17. The molecule has 0 unspecified atom stereocenters. The van der Waals surface area contributed by atoms with Gasteiger partial charge in [-0.15, -0.1) is 0 Å². The van der Waals surface area contributed by atoms with Crippen LogP contribution in [-0.2, 0) is 13.1 Å². The van der Waals surface area contributed by atoms with Gasteiger partial charge in [0.1, 0.15) is 0 Å². The van der Waals surface area contributed by atoms with E-state index in [0.29, 0.717) is 0 Å². The van der Waals surface area contributed by atoms with Crippen LogP contribution >= 0.6 is 0 Å². The minimum atomic E-state index is 1.02. The van der Waals surface area contributed by atoms with Gasteiger partial charge in [-0.3, -0.25) is 4.90 Å². The molecule has 0 aliphatic rings. The molecule has 0 bridgehead atoms. The Balaban J connectivity index is 1.68. The molecule has 2 aromatic rings. The van der Waals surface area contributed by atoms with Crippen LogP contribution in [0.2, 0.25) is 0 Å². The molecule has 1 nitrogen and oxygen atoms in total. The molecule has 152 valence electrons. The highest BCUT2D eigenvalue weighted by Crippen LogP contribution is 2.12. The molecule has 0 amide bonds. The zero-order valence-electron chi connectivity index (χ0n) is 17.9. The lowest BCUT2D eigenvalue weighted by Crippen LogP contribution is -2.23. The second-order valence-corrected chi connectivity index (χ2v) is 7.85. The van der Waals surface area contributed by atoms with E-state index in [-0.39, 0.29) is 0 Å². The number of hydrogen-bond donors (Lipinski definition) is 0. The van der Waals surface area contributed by atoms with E-state index >= 15 is 0 Å². The van der Waals surface area contributed by atoms with E-state index in [9.17, 15) is 0 Å². The van der Waals surface area contributed by atoms with Crippen LogP contribution in [0.1, 0.15) is 75.8 Å². The number of allylic oxidation sites excluding steroid dienone is 1. The molecule has 2 aromatic carbocycles. The topological polar surface area (TPSA) is 3.24 Å². The Bertz CT molecular complexity index is 576. The van der Waals surface area contributed by atoms with E-state index in [2.05, 4.69) is 84.6 Å². The molecule has 0 atom stereocenters. The van der Waals surface area contributed by atoms with Crippen molar-refractivity contribution in [3.05, 3.63) is 83.9 Å². The highest BCUT2D eigenvalue weighted by Gasteiger charge is 2.06. The average Bonchev–Trinajstić information content (AvgIpc) is 2.73. The Hall–Kier alpha value is -1.86. The van der Waals surface area contributed by atoms with Crippen molar-refractivity contribution in [3.63, 3.8) is 0 Å². The molecule has 1 heteroatoms. The van der Waals surface area contributed by atoms with Gasteiger partial charge in [-0.1, -0.05) is 118 Å². The first-order valence-corrected chi connectivity index (χ1v) is 11.3. The first kappa shape index (κ1) is 22.4. The summed E-state index contributed by atoms with van der Waals surface area (Å²) in [5.41, 5.74) is 2.79. The molecule has 0 heterocycles. The molecule has 0 aliphatic heterocycles. The number of benzene rings is 2. The minimum Gasteiger partial charge on any atom is -0.295 e. The quantitative estimate of drug-likeness (QED) is 0.226. The third-order valence-electron chi connectivity index (χ3n) is 5.25. The van der Waals surface area contributed by atoms with Gasteiger partial charge in [-0.25, -0.2) is 0 Å². The third kappa shape index (κ3) is 10.5. The molecule has 2 rings (SSSR count). The van der Waals surface area contributed by atoms with Crippen LogP contribution in [0.15, 0.2) is 72.8 Å². The second kappa shape index (κ2) is 15.1. The fourth-order valence-electron chi connectivity index (χ4n) is 3.61. The van der Waals surface area contributed by atoms with Crippen molar-refractivity contribution < 1.29 is 0 Å². The van der Waals surface area contributed by atoms with Crippen LogP contribution in [0.5, 0.6) is 0 Å². The fraction of sp³-hybridized carbons (Fsp3) is 0.481. The fourth-order valence-corrected chi connectivity index (χ4v) is 3.61. The number of unbranched alkanes of at least 4 members (excludes halogenated alkanes) is 7. The van der Waals surface area contributed by atoms with Crippen LogP contribution in [-0.4, -0.2) is 11.4 Å². The Morgan fingerprint density at radius 3 is 1.68 bits per heavy atom. The zero-order chi connectivity index (χ0) is 19.7. The largest absolute Gasteiger partial charge is 0.295 e. The van der Waals surface area contributed by atoms with Gasteiger partial charge in [0.05, 0.1) is 0 Å². The molecule has 28 heavy (non-hydrogen) atoms. The summed E-state index contributed by atoms with van der Waals surface area (Å²) in [5, 5.41) is 0. The summed E-state index contributed by atoms with van der Waals surface area (Å²) < 4.78 is 0. The van der Waals surface area contributed by atoms with Crippen molar-refractivity contribution in [3.8, 4) is 0 Å². The number of hydrogen-bond acceptors (Lipinski definition) is 1. The van der Waals surface area contributed by atoms with Crippen molar-refractivity contribution in [2.24, 2.45) is 0 Å². The van der Waals surface area contributed by atoms with Gasteiger partial charge >= 0.3 is 0 Å². The summed E-state index contributed by atoms with van der Waals surface area (Å²) >= 11 is 0. The van der Waals surface area contributed by atoms with Crippen LogP contribution in [0.3, 0.4) is 0 Å². The van der Waals surface area contributed by atoms with E-state index < -0.39 is 0 Å². The Morgan fingerprint density at radius 2 is 1.11 bits per heavy atom. The number of rotatable bonds is 15. The predicted molar refractivity (Wildman–Crippen MR) is 123 cm³/mol. The van der Waals surface area contributed by atoms with Gasteiger partial charge < -0.3 is 0 Å². The van der Waals surface area contributed by atoms with Crippen LogP contribution < -0.4 is 0 Å². The molecule has 0 N–H and O–H groups in total. The molecule has 0 saturated heterocycles. The lowest BCUT2D eigenvalue weighted by Gasteiger charge is -2.22. The summed E-state index contributed by atoms with van der Waals surface area (Å²) in [7, 11) is 0. The highest BCUT2D eigenvalue weighted by atomic mass is 15.1. The van der Waals surface area contributed by atoms with Gasteiger partial charge in [0.15, 0.2) is 0 Å². The van der Waals surface area contributed by atoms with E-state index in [1.807, 2.05) is 0 Å². The lowest BCUT2D eigenvalue weighted by molar-refractivity contribution is 0.262. The Morgan fingerprint density at radius 1 is 0.607 bits per heavy atom. The van der Waals surface area contributed by atoms with Crippen LogP contribution in [0, 0.1) is 0 Å². The summed E-state index contributed by atoms with van der Waals surface area (Å²) in [6.07, 6.45) is 16.9. The van der Waals surface area contributed by atoms with Gasteiger partial charge in [0.25, 0.3) is 0 Å². The molecule has 0 radical (unpaired) electrons. The van der Waals surface area contributed by atoms with Crippen molar-refractivity contribution in [1.82, 2.24) is 4.90 Å². The summed E-state index contributed by atoms with van der Waals surface area (Å²) in [6.45, 7) is 5.42. The maximum absolute atomic E-state index is 2.56. The SMILES string of the molecule is CCCCCCCCC/C=C/CCN(Cc1ccccc1)Cc1ccccc1. The monoisotopic (exact) mass is 377 g/mol. The summed E-state index contributed by atoms with van der Waals surface area (Å²) in [4.78, 5) is 2.56. The molecule has 0 fully saturated rings. The van der Waals surface area contributed by atoms with Crippen molar-refractivity contribution in [2.45, 2.75) is 77.8 Å². The first-order valence-electron chi connectivity index (χ1n) is 11.3. The predicted octanol–water partition coefficient (Wildman–Crippen LogP) is 7.78. The van der Waals surface area contributed by atoms with Gasteiger partial charge in [0.2, 0.25) is 0 Å². The van der Waals surface area contributed by atoms with Gasteiger partial charge in [0, 0.05) is 19.6 Å². The molecular weight excluding hydrogens is 338 g/mol. The second-order valence-electron chi connectivity index (χ2n) is 7.85. The van der Waals surface area contributed by atoms with Crippen LogP contribution in [0.25, 0.3) is 0 Å². The minimum absolute atomic E-state index is 1.02. The standard InChI is InChI=1S/C27H39N/c1-2-3-4-5-6-7-8-9-10-11-18-23-28(24-26-19-14-12-15-20-26)25-27-21-16-13-17-22-27/h10-17,19-22H,2-9,18,23-25H2,1H3/b11-10+. The van der Waals surface area contributed by atoms with Crippen molar-refractivity contribution in [1.29, 1.82) is 0 Å². The maximum Gasteiger partial charge on any atom is 0.0237 e. The van der Waals surface area contributed by atoms with E-state index in [1.165, 1.54) is 62.5 Å². The van der Waals surface area contributed by atoms with E-state index in [4.69, 9.17) is 0 Å². The van der Waals surface area contributed by atoms with Gasteiger partial charge in [-0.05, 0) is 30.4 Å². The average molecular weight is 378 g/mol. The molecular formula is C27H39N. The normalized spacial score (nSPS) is 11.5. The summed E-state index contributed by atoms with van der Waals surface area (Å²) in [5.74, 6) is 0. The van der Waals surface area contributed by atoms with Crippen molar-refractivity contribution >= 4 is 0 Å². The van der Waals surface area contributed by atoms with E-state index in [0.717, 1.165) is 26.1 Å². The Kier molecular flexibility index (Phi) is 12.1. The molecule has 0 spiro atoms. The summed E-state index contributed by atoms with van der Waals surface area (Å²) in [6, 6.07) is 21.7. The smallest absolute Gasteiger partial charge is 0.0237 e. The van der Waals surface area contributed by atoms with Gasteiger partial charge in [-0.2, -0.15) is 0 Å². The van der Waals surface area contributed by atoms with Crippen LogP contribution in [0.4, 0.5) is 0 Å². The lowest BCUT2D eigenvalue weighted by atomic mass is 10.1. The Labute approximate surface area is 173 Å².